The smallest absolute Gasteiger partial charge is 0.252 e. The SMILES string of the molecule is Cc1ccc(-c2cc(C(=O)NCc3ccc(Cl)c(Cl)c3)c3ccccc3n2)s1. The van der Waals surface area contributed by atoms with Crippen molar-refractivity contribution in [2.45, 2.75) is 13.5 Å². The quantitative estimate of drug-likeness (QED) is 0.404. The molecule has 0 aliphatic carbocycles. The minimum absolute atomic E-state index is 0.154. The molecule has 2 aromatic heterocycles. The highest BCUT2D eigenvalue weighted by atomic mass is 35.5. The zero-order valence-electron chi connectivity index (χ0n) is 15.0. The van der Waals surface area contributed by atoms with Crippen LogP contribution in [0, 0.1) is 6.92 Å². The number of carbonyl (C=O) groups is 1. The minimum Gasteiger partial charge on any atom is -0.348 e. The third-order valence-corrected chi connectivity index (χ3v) is 6.15. The number of pyridine rings is 1. The van der Waals surface area contributed by atoms with Gasteiger partial charge in [-0.1, -0.05) is 47.5 Å². The van der Waals surface area contributed by atoms with Crippen LogP contribution in [0.5, 0.6) is 0 Å². The number of benzene rings is 2. The summed E-state index contributed by atoms with van der Waals surface area (Å²) < 4.78 is 0. The van der Waals surface area contributed by atoms with Crippen LogP contribution in [-0.2, 0) is 6.54 Å². The van der Waals surface area contributed by atoms with Crippen LogP contribution in [0.4, 0.5) is 0 Å². The number of thiophene rings is 1. The van der Waals surface area contributed by atoms with Gasteiger partial charge in [-0.25, -0.2) is 4.98 Å². The number of amides is 1. The summed E-state index contributed by atoms with van der Waals surface area (Å²) in [7, 11) is 0. The van der Waals surface area contributed by atoms with Crippen LogP contribution in [0.2, 0.25) is 10.0 Å². The molecule has 0 saturated heterocycles. The van der Waals surface area contributed by atoms with E-state index in [4.69, 9.17) is 28.2 Å². The lowest BCUT2D eigenvalue weighted by molar-refractivity contribution is 0.0952. The maximum atomic E-state index is 13.0. The van der Waals surface area contributed by atoms with E-state index in [0.29, 0.717) is 22.2 Å². The van der Waals surface area contributed by atoms with E-state index in [1.54, 1.807) is 23.5 Å². The third-order valence-electron chi connectivity index (χ3n) is 4.39. The molecule has 0 saturated carbocycles. The van der Waals surface area contributed by atoms with Crippen LogP contribution in [0.3, 0.4) is 0 Å². The van der Waals surface area contributed by atoms with Crippen molar-refractivity contribution in [1.29, 1.82) is 0 Å². The number of carbonyl (C=O) groups excluding carboxylic acids is 1. The van der Waals surface area contributed by atoms with Gasteiger partial charge in [0, 0.05) is 16.8 Å². The van der Waals surface area contributed by atoms with Crippen molar-refractivity contribution in [3.63, 3.8) is 0 Å². The molecule has 0 aliphatic heterocycles. The van der Waals surface area contributed by atoms with E-state index in [9.17, 15) is 4.79 Å². The average molecular weight is 427 g/mol. The topological polar surface area (TPSA) is 42.0 Å². The largest absolute Gasteiger partial charge is 0.348 e. The Bertz CT molecular complexity index is 1190. The van der Waals surface area contributed by atoms with Gasteiger partial charge in [-0.2, -0.15) is 0 Å². The van der Waals surface area contributed by atoms with Crippen LogP contribution >= 0.6 is 34.5 Å². The number of hydrogen-bond donors (Lipinski definition) is 1. The Hall–Kier alpha value is -2.40. The Morgan fingerprint density at radius 1 is 1.04 bits per heavy atom. The van der Waals surface area contributed by atoms with Gasteiger partial charge in [0.1, 0.15) is 0 Å². The summed E-state index contributed by atoms with van der Waals surface area (Å²) in [5.74, 6) is -0.154. The molecule has 0 fully saturated rings. The lowest BCUT2D eigenvalue weighted by Crippen LogP contribution is -2.23. The van der Waals surface area contributed by atoms with Gasteiger partial charge < -0.3 is 5.32 Å². The Labute approximate surface area is 177 Å². The van der Waals surface area contributed by atoms with Crippen molar-refractivity contribution in [1.82, 2.24) is 10.3 Å². The summed E-state index contributed by atoms with van der Waals surface area (Å²) in [5.41, 5.74) is 3.09. The molecule has 0 radical (unpaired) electrons. The van der Waals surface area contributed by atoms with Crippen molar-refractivity contribution in [3.05, 3.63) is 86.7 Å². The average Bonchev–Trinajstić information content (AvgIpc) is 3.14. The molecule has 6 heteroatoms. The normalized spacial score (nSPS) is 11.0. The van der Waals surface area contributed by atoms with E-state index in [2.05, 4.69) is 18.3 Å². The van der Waals surface area contributed by atoms with E-state index in [1.807, 2.05) is 42.5 Å². The summed E-state index contributed by atoms with van der Waals surface area (Å²) in [4.78, 5) is 20.0. The van der Waals surface area contributed by atoms with E-state index in [1.165, 1.54) is 4.88 Å². The van der Waals surface area contributed by atoms with E-state index in [-0.39, 0.29) is 5.91 Å². The van der Waals surface area contributed by atoms with Gasteiger partial charge in [0.05, 0.1) is 31.7 Å². The molecule has 0 bridgehead atoms. The van der Waals surface area contributed by atoms with Gasteiger partial charge in [0.2, 0.25) is 0 Å². The van der Waals surface area contributed by atoms with Crippen LogP contribution in [0.15, 0.2) is 60.7 Å². The molecule has 2 aromatic carbocycles. The second-order valence-electron chi connectivity index (χ2n) is 6.41. The highest BCUT2D eigenvalue weighted by Crippen LogP contribution is 2.30. The standard InChI is InChI=1S/C22H16Cl2N2OS/c1-13-6-9-21(28-13)20-11-16(15-4-2-3-5-19(15)26-20)22(27)25-12-14-7-8-17(23)18(24)10-14/h2-11H,12H2,1H3,(H,25,27). The molecule has 3 nitrogen and oxygen atoms in total. The molecule has 28 heavy (non-hydrogen) atoms. The lowest BCUT2D eigenvalue weighted by Gasteiger charge is -2.10. The molecular formula is C22H16Cl2N2OS. The second kappa shape index (κ2) is 7.92. The maximum absolute atomic E-state index is 13.0. The van der Waals surface area contributed by atoms with E-state index in [0.717, 1.165) is 27.0 Å². The van der Waals surface area contributed by atoms with Crippen molar-refractivity contribution in [3.8, 4) is 10.6 Å². The molecule has 4 rings (SSSR count). The molecule has 0 unspecified atom stereocenters. The van der Waals surface area contributed by atoms with Crippen LogP contribution < -0.4 is 5.32 Å². The number of aromatic nitrogens is 1. The second-order valence-corrected chi connectivity index (χ2v) is 8.52. The van der Waals surface area contributed by atoms with Gasteiger partial charge >= 0.3 is 0 Å². The Kier molecular flexibility index (Phi) is 5.36. The van der Waals surface area contributed by atoms with E-state index >= 15 is 0 Å². The molecule has 4 aromatic rings. The number of fused-ring (bicyclic) bond motifs is 1. The summed E-state index contributed by atoms with van der Waals surface area (Å²) >= 11 is 13.7. The molecule has 140 valence electrons. The highest BCUT2D eigenvalue weighted by Gasteiger charge is 2.14. The van der Waals surface area contributed by atoms with Crippen molar-refractivity contribution in [2.24, 2.45) is 0 Å². The number of halogens is 2. The van der Waals surface area contributed by atoms with Crippen molar-refractivity contribution < 1.29 is 4.79 Å². The maximum Gasteiger partial charge on any atom is 0.252 e. The number of para-hydroxylation sites is 1. The number of nitrogens with zero attached hydrogens (tertiary/aromatic N) is 1. The minimum atomic E-state index is -0.154. The zero-order valence-corrected chi connectivity index (χ0v) is 17.3. The van der Waals surface area contributed by atoms with Gasteiger partial charge in [-0.3, -0.25) is 4.79 Å². The molecule has 2 heterocycles. The molecule has 0 aliphatic rings. The summed E-state index contributed by atoms with van der Waals surface area (Å²) in [6.45, 7) is 2.42. The first-order valence-corrected chi connectivity index (χ1v) is 10.3. The molecule has 0 atom stereocenters. The predicted molar refractivity (Wildman–Crippen MR) is 117 cm³/mol. The molecule has 1 N–H and O–H groups in total. The lowest BCUT2D eigenvalue weighted by atomic mass is 10.1. The number of rotatable bonds is 4. The first-order chi connectivity index (χ1) is 13.5. The first-order valence-electron chi connectivity index (χ1n) is 8.70. The zero-order chi connectivity index (χ0) is 19.7. The predicted octanol–water partition coefficient (Wildman–Crippen LogP) is 6.51. The molecule has 0 spiro atoms. The number of nitrogens with one attached hydrogen (secondary N) is 1. The fourth-order valence-electron chi connectivity index (χ4n) is 2.99. The van der Waals surface area contributed by atoms with Crippen molar-refractivity contribution >= 4 is 51.3 Å². The van der Waals surface area contributed by atoms with Crippen molar-refractivity contribution in [2.75, 3.05) is 0 Å². The Morgan fingerprint density at radius 3 is 2.61 bits per heavy atom. The summed E-state index contributed by atoms with van der Waals surface area (Å²) in [6, 6.07) is 19.0. The Morgan fingerprint density at radius 2 is 1.86 bits per heavy atom. The molecular weight excluding hydrogens is 411 g/mol. The van der Waals surface area contributed by atoms with Crippen LogP contribution in [0.25, 0.3) is 21.5 Å². The number of aryl methyl sites for hydroxylation is 1. The van der Waals surface area contributed by atoms with Crippen LogP contribution in [-0.4, -0.2) is 10.9 Å². The Balaban J connectivity index is 1.68. The third kappa shape index (κ3) is 3.90. The molecule has 1 amide bonds. The van der Waals surface area contributed by atoms with Gasteiger partial charge in [-0.05, 0) is 48.9 Å². The van der Waals surface area contributed by atoms with Gasteiger partial charge in [0.25, 0.3) is 5.91 Å². The van der Waals surface area contributed by atoms with Crippen LogP contribution in [0.1, 0.15) is 20.8 Å². The monoisotopic (exact) mass is 426 g/mol. The number of hydrogen-bond acceptors (Lipinski definition) is 3. The first kappa shape index (κ1) is 18.9. The highest BCUT2D eigenvalue weighted by molar-refractivity contribution is 7.15. The summed E-state index contributed by atoms with van der Waals surface area (Å²) in [6.07, 6.45) is 0. The van der Waals surface area contributed by atoms with Gasteiger partial charge in [0.15, 0.2) is 0 Å². The van der Waals surface area contributed by atoms with Gasteiger partial charge in [-0.15, -0.1) is 11.3 Å². The fourth-order valence-corrected chi connectivity index (χ4v) is 4.14. The van der Waals surface area contributed by atoms with E-state index < -0.39 is 0 Å². The fraction of sp³-hybridized carbons (Fsp3) is 0.0909. The summed E-state index contributed by atoms with van der Waals surface area (Å²) in [5, 5.41) is 4.76.